The molecule has 1 heterocycles. The Labute approximate surface area is 305 Å². The van der Waals surface area contributed by atoms with Gasteiger partial charge in [-0.15, -0.1) is 0 Å². The maximum absolute atomic E-state index is 14.0. The number of carbonyl (C=O) groups excluding carboxylic acids is 3. The Balaban J connectivity index is 1.06. The Morgan fingerprint density at radius 3 is 1.88 bits per heavy atom. The largest absolute Gasteiger partial charge is 0.371 e. The standard InChI is InChI=1S/C42H49N5O5/c48-40(43-34-19-9-11-21-38(34)51-27-29-13-3-1-4-14-29)26-47-37(25-36(46-47)41(49)44-33-24-23-31-17-7-8-18-32(31)33)42(50)45-35-20-10-12-22-39(35)52-28-30-15-5-2-6-16-30/h1-8,13-18,25,33-35,38-39H,9-12,19-24,26-28H2,(H,43,48)(H,44,49)(H,45,50)/t33?,34-,35-,38-,39-/m0/s1. The van der Waals surface area contributed by atoms with E-state index < -0.39 is 0 Å². The van der Waals surface area contributed by atoms with E-state index >= 15 is 0 Å². The number of hydrogen-bond acceptors (Lipinski definition) is 6. The molecule has 0 radical (unpaired) electrons. The Morgan fingerprint density at radius 1 is 0.654 bits per heavy atom. The summed E-state index contributed by atoms with van der Waals surface area (Å²) in [5.41, 5.74) is 4.75. The normalized spacial score (nSPS) is 22.7. The minimum atomic E-state index is -0.382. The van der Waals surface area contributed by atoms with Gasteiger partial charge in [-0.1, -0.05) is 111 Å². The van der Waals surface area contributed by atoms with Crippen LogP contribution in [-0.2, 0) is 40.4 Å². The van der Waals surface area contributed by atoms with Crippen LogP contribution in [0.25, 0.3) is 0 Å². The summed E-state index contributed by atoms with van der Waals surface area (Å²) in [6.45, 7) is 0.729. The molecule has 3 aromatic carbocycles. The van der Waals surface area contributed by atoms with Crippen LogP contribution < -0.4 is 16.0 Å². The van der Waals surface area contributed by atoms with E-state index in [1.165, 1.54) is 16.3 Å². The molecule has 5 atom stereocenters. The summed E-state index contributed by atoms with van der Waals surface area (Å²) < 4.78 is 14.0. The van der Waals surface area contributed by atoms with Crippen LogP contribution >= 0.6 is 0 Å². The third kappa shape index (κ3) is 8.97. The van der Waals surface area contributed by atoms with Gasteiger partial charge < -0.3 is 25.4 Å². The lowest BCUT2D eigenvalue weighted by Gasteiger charge is -2.32. The lowest BCUT2D eigenvalue weighted by Crippen LogP contribution is -2.48. The molecular weight excluding hydrogens is 654 g/mol. The molecule has 272 valence electrons. The SMILES string of the molecule is O=C(Cn1nc(C(=O)NC2CCc3ccccc32)cc1C(=O)N[C@H]1CCCC[C@@H]1OCc1ccccc1)N[C@H]1CCCC[C@@H]1OCc1ccccc1. The number of benzene rings is 3. The third-order valence-corrected chi connectivity index (χ3v) is 10.7. The number of nitrogens with one attached hydrogen (secondary N) is 3. The monoisotopic (exact) mass is 703 g/mol. The lowest BCUT2D eigenvalue weighted by molar-refractivity contribution is -0.124. The van der Waals surface area contributed by atoms with Crippen LogP contribution in [0.1, 0.15) is 107 Å². The minimum Gasteiger partial charge on any atom is -0.371 e. The van der Waals surface area contributed by atoms with Crippen molar-refractivity contribution in [3.05, 3.63) is 125 Å². The van der Waals surface area contributed by atoms with Crippen molar-refractivity contribution in [3.63, 3.8) is 0 Å². The number of aromatic nitrogens is 2. The molecule has 52 heavy (non-hydrogen) atoms. The molecule has 1 aromatic heterocycles. The molecule has 10 heteroatoms. The van der Waals surface area contributed by atoms with Gasteiger partial charge in [-0.25, -0.2) is 4.68 Å². The Bertz CT molecular complexity index is 1810. The van der Waals surface area contributed by atoms with Crippen LogP contribution in [0.15, 0.2) is 91.0 Å². The van der Waals surface area contributed by atoms with Gasteiger partial charge in [0.1, 0.15) is 12.2 Å². The fraction of sp³-hybridized carbons (Fsp3) is 0.429. The summed E-state index contributed by atoms with van der Waals surface area (Å²) in [6.07, 6.45) is 8.72. The molecule has 1 unspecified atom stereocenters. The zero-order valence-electron chi connectivity index (χ0n) is 29.7. The first-order valence-corrected chi connectivity index (χ1v) is 18.9. The average molecular weight is 704 g/mol. The summed E-state index contributed by atoms with van der Waals surface area (Å²) >= 11 is 0. The van der Waals surface area contributed by atoms with E-state index in [9.17, 15) is 14.4 Å². The highest BCUT2D eigenvalue weighted by Gasteiger charge is 2.32. The van der Waals surface area contributed by atoms with Crippen molar-refractivity contribution in [2.75, 3.05) is 0 Å². The van der Waals surface area contributed by atoms with Crippen molar-refractivity contribution in [2.24, 2.45) is 0 Å². The molecule has 3 amide bonds. The van der Waals surface area contributed by atoms with E-state index in [0.29, 0.717) is 13.2 Å². The predicted molar refractivity (Wildman–Crippen MR) is 197 cm³/mol. The topological polar surface area (TPSA) is 124 Å². The first kappa shape index (κ1) is 35.6. The molecule has 3 N–H and O–H groups in total. The van der Waals surface area contributed by atoms with Crippen LogP contribution in [0.2, 0.25) is 0 Å². The van der Waals surface area contributed by atoms with E-state index in [-0.39, 0.29) is 66.0 Å². The van der Waals surface area contributed by atoms with Gasteiger partial charge in [-0.2, -0.15) is 5.10 Å². The average Bonchev–Trinajstić information content (AvgIpc) is 3.79. The number of ether oxygens (including phenoxy) is 2. The summed E-state index contributed by atoms with van der Waals surface area (Å²) in [6, 6.07) is 29.1. The van der Waals surface area contributed by atoms with Crippen molar-refractivity contribution in [1.29, 1.82) is 0 Å². The van der Waals surface area contributed by atoms with Gasteiger partial charge >= 0.3 is 0 Å². The molecule has 0 saturated heterocycles. The molecule has 10 nitrogen and oxygen atoms in total. The van der Waals surface area contributed by atoms with Crippen LogP contribution in [-0.4, -0.2) is 51.8 Å². The van der Waals surface area contributed by atoms with Gasteiger partial charge in [0.15, 0.2) is 5.69 Å². The van der Waals surface area contributed by atoms with Crippen molar-refractivity contribution in [1.82, 2.24) is 25.7 Å². The Hall–Kier alpha value is -4.80. The lowest BCUT2D eigenvalue weighted by atomic mass is 9.92. The molecule has 2 fully saturated rings. The number of hydrogen-bond donors (Lipinski definition) is 3. The smallest absolute Gasteiger partial charge is 0.272 e. The van der Waals surface area contributed by atoms with Crippen molar-refractivity contribution >= 4 is 17.7 Å². The Kier molecular flexibility index (Phi) is 11.7. The summed E-state index contributed by atoms with van der Waals surface area (Å²) in [5.74, 6) is -1.04. The zero-order chi connectivity index (χ0) is 35.7. The van der Waals surface area contributed by atoms with E-state index in [1.54, 1.807) is 0 Å². The van der Waals surface area contributed by atoms with Gasteiger partial charge in [0, 0.05) is 6.07 Å². The van der Waals surface area contributed by atoms with Crippen LogP contribution in [0.5, 0.6) is 0 Å². The molecule has 0 bridgehead atoms. The van der Waals surface area contributed by atoms with E-state index in [0.717, 1.165) is 80.9 Å². The number of amides is 3. The van der Waals surface area contributed by atoms with Gasteiger partial charge in [0.05, 0.1) is 43.5 Å². The molecule has 2 saturated carbocycles. The van der Waals surface area contributed by atoms with Crippen molar-refractivity contribution < 1.29 is 23.9 Å². The second-order valence-electron chi connectivity index (χ2n) is 14.3. The zero-order valence-corrected chi connectivity index (χ0v) is 29.7. The maximum Gasteiger partial charge on any atom is 0.272 e. The number of carbonyl (C=O) groups is 3. The van der Waals surface area contributed by atoms with Crippen LogP contribution in [0, 0.1) is 0 Å². The second kappa shape index (κ2) is 17.1. The number of nitrogens with zero attached hydrogens (tertiary/aromatic N) is 2. The van der Waals surface area contributed by atoms with Crippen molar-refractivity contribution in [2.45, 2.75) is 114 Å². The minimum absolute atomic E-state index is 0.101. The molecule has 0 aliphatic heterocycles. The van der Waals surface area contributed by atoms with Crippen LogP contribution in [0.4, 0.5) is 0 Å². The second-order valence-corrected chi connectivity index (χ2v) is 14.3. The molecular formula is C42H49N5O5. The van der Waals surface area contributed by atoms with Gasteiger partial charge in [-0.3, -0.25) is 14.4 Å². The van der Waals surface area contributed by atoms with Crippen LogP contribution in [0.3, 0.4) is 0 Å². The molecule has 3 aliphatic rings. The van der Waals surface area contributed by atoms with E-state index in [1.807, 2.05) is 78.9 Å². The number of rotatable bonds is 13. The quantitative estimate of drug-likeness (QED) is 0.152. The molecule has 0 spiro atoms. The molecule has 3 aliphatic carbocycles. The summed E-state index contributed by atoms with van der Waals surface area (Å²) in [5, 5.41) is 14.0. The third-order valence-electron chi connectivity index (χ3n) is 10.7. The Morgan fingerprint density at radius 2 is 1.23 bits per heavy atom. The fourth-order valence-corrected chi connectivity index (χ4v) is 7.88. The fourth-order valence-electron chi connectivity index (χ4n) is 7.88. The summed E-state index contributed by atoms with van der Waals surface area (Å²) in [4.78, 5) is 41.3. The van der Waals surface area contributed by atoms with Gasteiger partial charge in [0.2, 0.25) is 5.91 Å². The maximum atomic E-state index is 14.0. The van der Waals surface area contributed by atoms with Gasteiger partial charge in [-0.05, 0) is 60.8 Å². The van der Waals surface area contributed by atoms with Gasteiger partial charge in [0.25, 0.3) is 11.8 Å². The van der Waals surface area contributed by atoms with Crippen molar-refractivity contribution in [3.8, 4) is 0 Å². The highest BCUT2D eigenvalue weighted by Crippen LogP contribution is 2.31. The molecule has 4 aromatic rings. The highest BCUT2D eigenvalue weighted by molar-refractivity contribution is 5.98. The first-order valence-electron chi connectivity index (χ1n) is 18.9. The number of aryl methyl sites for hydroxylation is 1. The predicted octanol–water partition coefficient (Wildman–Crippen LogP) is 6.20. The first-order chi connectivity index (χ1) is 25.5. The molecule has 7 rings (SSSR count). The van der Waals surface area contributed by atoms with E-state index in [2.05, 4.69) is 27.1 Å². The summed E-state index contributed by atoms with van der Waals surface area (Å²) in [7, 11) is 0. The highest BCUT2D eigenvalue weighted by atomic mass is 16.5. The van der Waals surface area contributed by atoms with E-state index in [4.69, 9.17) is 9.47 Å². The number of fused-ring (bicyclic) bond motifs is 1.